The molecule has 2 N–H and O–H groups in total. The second-order valence-corrected chi connectivity index (χ2v) is 5.74. The Kier molecular flexibility index (Phi) is 5.11. The van der Waals surface area contributed by atoms with Gasteiger partial charge in [0.2, 0.25) is 0 Å². The van der Waals surface area contributed by atoms with Crippen LogP contribution in [-0.4, -0.2) is 37.6 Å². The van der Waals surface area contributed by atoms with Crippen molar-refractivity contribution >= 4 is 11.3 Å². The number of aromatic nitrogens is 1. The summed E-state index contributed by atoms with van der Waals surface area (Å²) in [5.74, 6) is 0.870. The van der Waals surface area contributed by atoms with Gasteiger partial charge in [0.1, 0.15) is 10.8 Å². The number of hydrogen-bond acceptors (Lipinski definition) is 5. The summed E-state index contributed by atoms with van der Waals surface area (Å²) in [6.45, 7) is 0.637. The van der Waals surface area contributed by atoms with E-state index in [1.54, 1.807) is 18.4 Å². The van der Waals surface area contributed by atoms with Gasteiger partial charge in [-0.3, -0.25) is 4.90 Å². The molecule has 1 aromatic heterocycles. The molecule has 1 aromatic carbocycles. The number of benzene rings is 1. The van der Waals surface area contributed by atoms with Gasteiger partial charge in [-0.1, -0.05) is 12.1 Å². The Morgan fingerprint density at radius 1 is 1.30 bits per heavy atom. The van der Waals surface area contributed by atoms with Crippen molar-refractivity contribution in [1.29, 1.82) is 0 Å². The normalized spacial score (nSPS) is 12.7. The summed E-state index contributed by atoms with van der Waals surface area (Å²) >= 11 is 1.69. The SMILES string of the molecule is COc1ccc(C(c2nc(CCN)cs2)N(C)C)cc1. The van der Waals surface area contributed by atoms with Crippen molar-refractivity contribution in [2.75, 3.05) is 27.7 Å². The molecule has 4 nitrogen and oxygen atoms in total. The van der Waals surface area contributed by atoms with Crippen LogP contribution in [0.3, 0.4) is 0 Å². The van der Waals surface area contributed by atoms with Crippen molar-refractivity contribution < 1.29 is 4.74 Å². The summed E-state index contributed by atoms with van der Waals surface area (Å²) < 4.78 is 5.21. The largest absolute Gasteiger partial charge is 0.497 e. The Labute approximate surface area is 124 Å². The third kappa shape index (κ3) is 3.36. The molecule has 0 radical (unpaired) electrons. The fourth-order valence-corrected chi connectivity index (χ4v) is 3.23. The van der Waals surface area contributed by atoms with E-state index in [4.69, 9.17) is 15.5 Å². The molecule has 2 aromatic rings. The van der Waals surface area contributed by atoms with E-state index in [0.717, 1.165) is 22.9 Å². The third-order valence-corrected chi connectivity index (χ3v) is 4.10. The molecule has 2 rings (SSSR count). The van der Waals surface area contributed by atoms with Gasteiger partial charge in [0, 0.05) is 11.8 Å². The van der Waals surface area contributed by atoms with Gasteiger partial charge in [-0.05, 0) is 38.3 Å². The van der Waals surface area contributed by atoms with E-state index in [9.17, 15) is 0 Å². The van der Waals surface area contributed by atoms with Crippen LogP contribution >= 0.6 is 11.3 Å². The van der Waals surface area contributed by atoms with Crippen molar-refractivity contribution in [3.8, 4) is 5.75 Å². The van der Waals surface area contributed by atoms with Crippen LogP contribution in [0.2, 0.25) is 0 Å². The minimum atomic E-state index is 0.164. The molecule has 0 aliphatic rings. The highest BCUT2D eigenvalue weighted by molar-refractivity contribution is 7.09. The van der Waals surface area contributed by atoms with Gasteiger partial charge in [-0.25, -0.2) is 4.98 Å². The molecule has 0 saturated carbocycles. The maximum atomic E-state index is 5.59. The van der Waals surface area contributed by atoms with Gasteiger partial charge in [-0.15, -0.1) is 11.3 Å². The second-order valence-electron chi connectivity index (χ2n) is 4.86. The monoisotopic (exact) mass is 291 g/mol. The molecule has 5 heteroatoms. The lowest BCUT2D eigenvalue weighted by Gasteiger charge is -2.22. The van der Waals surface area contributed by atoms with Crippen LogP contribution < -0.4 is 10.5 Å². The van der Waals surface area contributed by atoms with Gasteiger partial charge >= 0.3 is 0 Å². The summed E-state index contributed by atoms with van der Waals surface area (Å²) in [5, 5.41) is 3.20. The number of methoxy groups -OCH3 is 1. The smallest absolute Gasteiger partial charge is 0.118 e. The van der Waals surface area contributed by atoms with Crippen LogP contribution in [0.5, 0.6) is 5.75 Å². The predicted octanol–water partition coefficient (Wildman–Crippen LogP) is 2.30. The first-order valence-corrected chi connectivity index (χ1v) is 7.48. The van der Waals surface area contributed by atoms with Gasteiger partial charge in [-0.2, -0.15) is 0 Å². The zero-order valence-corrected chi connectivity index (χ0v) is 13.0. The molecule has 0 saturated heterocycles. The number of ether oxygens (including phenoxy) is 1. The lowest BCUT2D eigenvalue weighted by molar-refractivity contribution is 0.340. The Hall–Kier alpha value is -1.43. The molecule has 20 heavy (non-hydrogen) atoms. The molecule has 1 atom stereocenters. The van der Waals surface area contributed by atoms with E-state index in [1.807, 2.05) is 12.1 Å². The van der Waals surface area contributed by atoms with E-state index in [0.29, 0.717) is 6.54 Å². The highest BCUT2D eigenvalue weighted by Gasteiger charge is 2.20. The predicted molar refractivity (Wildman–Crippen MR) is 83.4 cm³/mol. The average molecular weight is 291 g/mol. The van der Waals surface area contributed by atoms with Crippen molar-refractivity contribution in [2.24, 2.45) is 5.73 Å². The molecule has 0 aliphatic carbocycles. The molecule has 0 fully saturated rings. The van der Waals surface area contributed by atoms with Crippen LogP contribution in [0.4, 0.5) is 0 Å². The third-order valence-electron chi connectivity index (χ3n) is 3.15. The fourth-order valence-electron chi connectivity index (χ4n) is 2.16. The van der Waals surface area contributed by atoms with Crippen LogP contribution in [-0.2, 0) is 6.42 Å². The summed E-state index contributed by atoms with van der Waals surface area (Å²) in [5.41, 5.74) is 7.88. The maximum Gasteiger partial charge on any atom is 0.118 e. The van der Waals surface area contributed by atoms with Gasteiger partial charge < -0.3 is 10.5 Å². The summed E-state index contributed by atoms with van der Waals surface area (Å²) in [6, 6.07) is 8.32. The van der Waals surface area contributed by atoms with Crippen molar-refractivity contribution in [2.45, 2.75) is 12.5 Å². The number of nitrogens with two attached hydrogens (primary N) is 1. The molecular formula is C15H21N3OS. The van der Waals surface area contributed by atoms with Gasteiger partial charge in [0.25, 0.3) is 0 Å². The molecule has 0 amide bonds. The number of hydrogen-bond donors (Lipinski definition) is 1. The average Bonchev–Trinajstić information content (AvgIpc) is 2.88. The van der Waals surface area contributed by atoms with Crippen molar-refractivity contribution in [3.05, 3.63) is 45.9 Å². The zero-order valence-electron chi connectivity index (χ0n) is 12.2. The summed E-state index contributed by atoms with van der Waals surface area (Å²) in [4.78, 5) is 6.88. The van der Waals surface area contributed by atoms with Crippen molar-refractivity contribution in [3.63, 3.8) is 0 Å². The van der Waals surface area contributed by atoms with E-state index in [-0.39, 0.29) is 6.04 Å². The first-order valence-electron chi connectivity index (χ1n) is 6.60. The second kappa shape index (κ2) is 6.83. The van der Waals surface area contributed by atoms with Crippen molar-refractivity contribution in [1.82, 2.24) is 9.88 Å². The Morgan fingerprint density at radius 2 is 2.00 bits per heavy atom. The Morgan fingerprint density at radius 3 is 2.55 bits per heavy atom. The number of rotatable bonds is 6. The van der Waals surface area contributed by atoms with Gasteiger partial charge in [0.15, 0.2) is 0 Å². The van der Waals surface area contributed by atoms with E-state index in [2.05, 4.69) is 36.5 Å². The Balaban J connectivity index is 2.29. The molecule has 1 heterocycles. The van der Waals surface area contributed by atoms with Crippen LogP contribution in [0, 0.1) is 0 Å². The summed E-state index contributed by atoms with van der Waals surface area (Å²) in [7, 11) is 5.82. The molecule has 0 spiro atoms. The molecule has 108 valence electrons. The fraction of sp³-hybridized carbons (Fsp3) is 0.400. The van der Waals surface area contributed by atoms with Crippen LogP contribution in [0.25, 0.3) is 0 Å². The molecule has 1 unspecified atom stereocenters. The number of thiazole rings is 1. The first kappa shape index (κ1) is 15.0. The van der Waals surface area contributed by atoms with E-state index in [1.165, 1.54) is 5.56 Å². The van der Waals surface area contributed by atoms with E-state index < -0.39 is 0 Å². The topological polar surface area (TPSA) is 51.4 Å². The molecule has 0 aliphatic heterocycles. The van der Waals surface area contributed by atoms with Crippen LogP contribution in [0.1, 0.15) is 22.3 Å². The molecular weight excluding hydrogens is 270 g/mol. The maximum absolute atomic E-state index is 5.59. The highest BCUT2D eigenvalue weighted by atomic mass is 32.1. The minimum absolute atomic E-state index is 0.164. The lowest BCUT2D eigenvalue weighted by atomic mass is 10.1. The number of nitrogens with zero attached hydrogens (tertiary/aromatic N) is 2. The van der Waals surface area contributed by atoms with Crippen LogP contribution in [0.15, 0.2) is 29.6 Å². The highest BCUT2D eigenvalue weighted by Crippen LogP contribution is 2.30. The minimum Gasteiger partial charge on any atom is -0.497 e. The lowest BCUT2D eigenvalue weighted by Crippen LogP contribution is -2.21. The summed E-state index contributed by atoms with van der Waals surface area (Å²) in [6.07, 6.45) is 0.833. The quantitative estimate of drug-likeness (QED) is 0.887. The Bertz CT molecular complexity index is 536. The standard InChI is InChI=1S/C15H21N3OS/c1-18(2)14(11-4-6-13(19-3)7-5-11)15-17-12(8-9-16)10-20-15/h4-7,10,14H,8-9,16H2,1-3H3. The first-order chi connectivity index (χ1) is 9.65. The zero-order chi connectivity index (χ0) is 14.5. The van der Waals surface area contributed by atoms with E-state index >= 15 is 0 Å². The van der Waals surface area contributed by atoms with Gasteiger partial charge in [0.05, 0.1) is 18.8 Å². The molecule has 0 bridgehead atoms.